The number of aryl methyl sites for hydroxylation is 2. The summed E-state index contributed by atoms with van der Waals surface area (Å²) in [7, 11) is 0. The Morgan fingerprint density at radius 3 is 2.76 bits per heavy atom. The molecule has 0 aliphatic carbocycles. The summed E-state index contributed by atoms with van der Waals surface area (Å²) in [6, 6.07) is 6.21. The minimum absolute atomic E-state index is 0.0994. The van der Waals surface area contributed by atoms with Crippen molar-refractivity contribution in [2.75, 3.05) is 0 Å². The summed E-state index contributed by atoms with van der Waals surface area (Å²) < 4.78 is 7.41. The van der Waals surface area contributed by atoms with E-state index in [1.807, 2.05) is 24.6 Å². The van der Waals surface area contributed by atoms with Crippen LogP contribution in [0.2, 0.25) is 5.02 Å². The van der Waals surface area contributed by atoms with E-state index < -0.39 is 4.92 Å². The highest BCUT2D eigenvalue weighted by Gasteiger charge is 2.16. The van der Waals surface area contributed by atoms with Crippen LogP contribution in [0.3, 0.4) is 0 Å². The molecule has 0 aliphatic heterocycles. The molecule has 2 aromatic rings. The van der Waals surface area contributed by atoms with Crippen LogP contribution in [-0.4, -0.2) is 14.7 Å². The van der Waals surface area contributed by atoms with Crippen molar-refractivity contribution in [3.63, 3.8) is 0 Å². The molecule has 0 unspecified atom stereocenters. The maximum atomic E-state index is 11.0. The Hall–Kier alpha value is -2.08. The second-order valence-corrected chi connectivity index (χ2v) is 4.89. The van der Waals surface area contributed by atoms with Gasteiger partial charge in [-0.05, 0) is 25.5 Å². The van der Waals surface area contributed by atoms with Crippen LogP contribution in [0.4, 0.5) is 5.69 Å². The number of aromatic nitrogens is 2. The third-order valence-electron chi connectivity index (χ3n) is 3.07. The topological polar surface area (TPSA) is 70.2 Å². The zero-order valence-corrected chi connectivity index (χ0v) is 12.6. The number of nitro benzene ring substituents is 1. The van der Waals surface area contributed by atoms with Crippen LogP contribution in [0.1, 0.15) is 25.2 Å². The van der Waals surface area contributed by atoms with Gasteiger partial charge in [0.25, 0.3) is 0 Å². The summed E-state index contributed by atoms with van der Waals surface area (Å²) in [5, 5.41) is 15.8. The minimum Gasteiger partial charge on any atom is -0.480 e. The zero-order chi connectivity index (χ0) is 15.4. The van der Waals surface area contributed by atoms with Crippen molar-refractivity contribution in [2.45, 2.75) is 33.4 Å². The van der Waals surface area contributed by atoms with Crippen molar-refractivity contribution in [1.82, 2.24) is 9.78 Å². The van der Waals surface area contributed by atoms with Crippen molar-refractivity contribution in [2.24, 2.45) is 0 Å². The first kappa shape index (κ1) is 15.3. The first-order valence-electron chi connectivity index (χ1n) is 6.67. The molecule has 0 amide bonds. The highest BCUT2D eigenvalue weighted by atomic mass is 35.5. The molecule has 21 heavy (non-hydrogen) atoms. The Bertz CT molecular complexity index is 655. The summed E-state index contributed by atoms with van der Waals surface area (Å²) in [6.07, 6.45) is 0.831. The van der Waals surface area contributed by atoms with Crippen molar-refractivity contribution >= 4 is 17.3 Å². The van der Waals surface area contributed by atoms with Crippen LogP contribution in [0, 0.1) is 10.1 Å². The Balaban J connectivity index is 2.21. The number of benzene rings is 1. The number of rotatable bonds is 6. The van der Waals surface area contributed by atoms with E-state index in [0.29, 0.717) is 5.02 Å². The molecule has 2 rings (SSSR count). The lowest BCUT2D eigenvalue weighted by Crippen LogP contribution is -2.07. The number of nitro groups is 1. The minimum atomic E-state index is -0.486. The van der Waals surface area contributed by atoms with Crippen LogP contribution in [0.25, 0.3) is 0 Å². The number of halogens is 1. The van der Waals surface area contributed by atoms with E-state index in [2.05, 4.69) is 5.10 Å². The third-order valence-corrected chi connectivity index (χ3v) is 3.30. The zero-order valence-electron chi connectivity index (χ0n) is 11.9. The molecule has 0 atom stereocenters. The monoisotopic (exact) mass is 309 g/mol. The SMILES string of the molecule is CCc1cc(COc2cc(Cl)ccc2[N+](=O)[O-])n(CC)n1. The molecule has 0 fully saturated rings. The van der Waals surface area contributed by atoms with E-state index in [-0.39, 0.29) is 18.0 Å². The van der Waals surface area contributed by atoms with E-state index >= 15 is 0 Å². The van der Waals surface area contributed by atoms with Crippen molar-refractivity contribution in [3.05, 3.63) is 50.8 Å². The maximum Gasteiger partial charge on any atom is 0.311 e. The molecule has 0 saturated heterocycles. The molecule has 1 heterocycles. The van der Waals surface area contributed by atoms with Gasteiger partial charge in [0.15, 0.2) is 5.75 Å². The third kappa shape index (κ3) is 3.52. The Morgan fingerprint density at radius 2 is 2.14 bits per heavy atom. The quantitative estimate of drug-likeness (QED) is 0.603. The standard InChI is InChI=1S/C14H16ClN3O3/c1-3-11-8-12(17(4-2)16-11)9-21-14-7-10(15)5-6-13(14)18(19)20/h5-8H,3-4,9H2,1-2H3. The summed E-state index contributed by atoms with van der Waals surface area (Å²) >= 11 is 5.87. The van der Waals surface area contributed by atoms with E-state index in [4.69, 9.17) is 16.3 Å². The number of hydrogen-bond acceptors (Lipinski definition) is 4. The largest absolute Gasteiger partial charge is 0.480 e. The van der Waals surface area contributed by atoms with Gasteiger partial charge in [0.2, 0.25) is 0 Å². The van der Waals surface area contributed by atoms with Crippen LogP contribution in [0.15, 0.2) is 24.3 Å². The predicted molar refractivity (Wildman–Crippen MR) is 79.7 cm³/mol. The fourth-order valence-corrected chi connectivity index (χ4v) is 2.15. The summed E-state index contributed by atoms with van der Waals surface area (Å²) in [4.78, 5) is 10.5. The lowest BCUT2D eigenvalue weighted by atomic mass is 10.3. The van der Waals surface area contributed by atoms with Crippen molar-refractivity contribution in [1.29, 1.82) is 0 Å². The van der Waals surface area contributed by atoms with E-state index in [9.17, 15) is 10.1 Å². The van der Waals surface area contributed by atoms with Gasteiger partial charge >= 0.3 is 5.69 Å². The van der Waals surface area contributed by atoms with Gasteiger partial charge in [-0.2, -0.15) is 5.10 Å². The fourth-order valence-electron chi connectivity index (χ4n) is 1.98. The second-order valence-electron chi connectivity index (χ2n) is 4.45. The molecule has 0 radical (unpaired) electrons. The molecule has 7 heteroatoms. The molecule has 1 aromatic carbocycles. The average molecular weight is 310 g/mol. The first-order valence-corrected chi connectivity index (χ1v) is 7.05. The van der Waals surface area contributed by atoms with Crippen molar-refractivity contribution < 1.29 is 9.66 Å². The lowest BCUT2D eigenvalue weighted by Gasteiger charge is -2.08. The van der Waals surface area contributed by atoms with Gasteiger partial charge in [-0.25, -0.2) is 0 Å². The predicted octanol–water partition coefficient (Wildman–Crippen LogP) is 3.61. The number of ether oxygens (including phenoxy) is 1. The normalized spacial score (nSPS) is 10.6. The highest BCUT2D eigenvalue weighted by Crippen LogP contribution is 2.30. The van der Waals surface area contributed by atoms with Crippen LogP contribution >= 0.6 is 11.6 Å². The van der Waals surface area contributed by atoms with E-state index in [1.165, 1.54) is 18.2 Å². The van der Waals surface area contributed by atoms with Gasteiger partial charge in [-0.15, -0.1) is 0 Å². The molecule has 0 saturated carbocycles. The van der Waals surface area contributed by atoms with Gasteiger partial charge in [0.05, 0.1) is 16.3 Å². The molecule has 1 aromatic heterocycles. The maximum absolute atomic E-state index is 11.0. The van der Waals surface area contributed by atoms with Crippen LogP contribution < -0.4 is 4.74 Å². The smallest absolute Gasteiger partial charge is 0.311 e. The van der Waals surface area contributed by atoms with Gasteiger partial charge < -0.3 is 4.74 Å². The van der Waals surface area contributed by atoms with Gasteiger partial charge in [0, 0.05) is 23.7 Å². The molecular weight excluding hydrogens is 294 g/mol. The van der Waals surface area contributed by atoms with E-state index in [1.54, 1.807) is 0 Å². The van der Waals surface area contributed by atoms with Gasteiger partial charge in [0.1, 0.15) is 6.61 Å². The Labute approximate surface area is 127 Å². The molecule has 0 bridgehead atoms. The number of nitrogens with zero attached hydrogens (tertiary/aromatic N) is 3. The molecule has 0 spiro atoms. The Kier molecular flexibility index (Phi) is 4.80. The van der Waals surface area contributed by atoms with Crippen molar-refractivity contribution in [3.8, 4) is 5.75 Å². The average Bonchev–Trinajstić information content (AvgIpc) is 2.87. The number of hydrogen-bond donors (Lipinski definition) is 0. The summed E-state index contributed by atoms with van der Waals surface area (Å²) in [5.41, 5.74) is 1.75. The van der Waals surface area contributed by atoms with Gasteiger partial charge in [-0.1, -0.05) is 18.5 Å². The second kappa shape index (κ2) is 6.58. The first-order chi connectivity index (χ1) is 10.0. The summed E-state index contributed by atoms with van der Waals surface area (Å²) in [5.74, 6) is 0.161. The highest BCUT2D eigenvalue weighted by molar-refractivity contribution is 6.30. The molecule has 0 aliphatic rings. The molecule has 6 nitrogen and oxygen atoms in total. The summed E-state index contributed by atoms with van der Waals surface area (Å²) in [6.45, 7) is 4.94. The molecular formula is C14H16ClN3O3. The molecule has 0 N–H and O–H groups in total. The van der Waals surface area contributed by atoms with Gasteiger partial charge in [-0.3, -0.25) is 14.8 Å². The molecule has 112 valence electrons. The lowest BCUT2D eigenvalue weighted by molar-refractivity contribution is -0.385. The fraction of sp³-hybridized carbons (Fsp3) is 0.357. The van der Waals surface area contributed by atoms with Crippen LogP contribution in [-0.2, 0) is 19.6 Å². The van der Waals surface area contributed by atoms with Crippen LogP contribution in [0.5, 0.6) is 5.75 Å². The Morgan fingerprint density at radius 1 is 1.38 bits per heavy atom. The van der Waals surface area contributed by atoms with E-state index in [0.717, 1.165) is 24.4 Å².